The Morgan fingerprint density at radius 3 is 2.55 bits per heavy atom. The molecule has 0 radical (unpaired) electrons. The fraction of sp³-hybridized carbons (Fsp3) is 0.0556. The topological polar surface area (TPSA) is 72.7 Å². The molecule has 29 heavy (non-hydrogen) atoms. The summed E-state index contributed by atoms with van der Waals surface area (Å²) >= 11 is 1.42. The highest BCUT2D eigenvalue weighted by Crippen LogP contribution is 2.33. The van der Waals surface area contributed by atoms with Crippen LogP contribution in [0.3, 0.4) is 0 Å². The summed E-state index contributed by atoms with van der Waals surface area (Å²) in [7, 11) is -4.37. The van der Waals surface area contributed by atoms with E-state index in [0.29, 0.717) is 11.3 Å². The number of benzene rings is 2. The lowest BCUT2D eigenvalue weighted by Crippen LogP contribution is -2.21. The number of nitrogens with zero attached hydrogens (tertiary/aromatic N) is 2. The minimum Gasteiger partial charge on any atom is -0.404 e. The second-order valence-electron chi connectivity index (χ2n) is 5.86. The Hall–Kier alpha value is -3.05. The van der Waals surface area contributed by atoms with E-state index in [9.17, 15) is 21.6 Å². The Kier molecular flexibility index (Phi) is 4.71. The number of alkyl halides is 3. The summed E-state index contributed by atoms with van der Waals surface area (Å²) in [6, 6.07) is 11.0. The van der Waals surface area contributed by atoms with Crippen LogP contribution in [-0.4, -0.2) is 24.2 Å². The zero-order chi connectivity index (χ0) is 20.6. The van der Waals surface area contributed by atoms with E-state index in [4.69, 9.17) is 0 Å². The molecule has 0 aliphatic heterocycles. The number of thiazole rings is 1. The molecular weight excluding hydrogens is 427 g/mol. The largest absolute Gasteiger partial charge is 0.573 e. The summed E-state index contributed by atoms with van der Waals surface area (Å²) in [6.45, 7) is 0. The third kappa shape index (κ3) is 4.05. The van der Waals surface area contributed by atoms with Gasteiger partial charge in [-0.05, 0) is 18.2 Å². The Balaban J connectivity index is 1.73. The minimum absolute atomic E-state index is 0.181. The maximum Gasteiger partial charge on any atom is 0.573 e. The fourth-order valence-corrected chi connectivity index (χ4v) is 4.64. The van der Waals surface area contributed by atoms with Crippen molar-refractivity contribution in [2.75, 3.05) is 4.72 Å². The van der Waals surface area contributed by atoms with Crippen LogP contribution in [0.15, 0.2) is 71.2 Å². The number of para-hydroxylation sites is 2. The first kappa shape index (κ1) is 19.3. The van der Waals surface area contributed by atoms with E-state index in [1.54, 1.807) is 28.8 Å². The van der Waals surface area contributed by atoms with Crippen molar-refractivity contribution in [1.82, 2.24) is 9.38 Å². The van der Waals surface area contributed by atoms with Crippen molar-refractivity contribution in [2.24, 2.45) is 0 Å². The van der Waals surface area contributed by atoms with Gasteiger partial charge < -0.3 is 4.74 Å². The van der Waals surface area contributed by atoms with Gasteiger partial charge >= 0.3 is 6.36 Å². The third-order valence-electron chi connectivity index (χ3n) is 3.90. The van der Waals surface area contributed by atoms with Gasteiger partial charge in [-0.15, -0.1) is 24.5 Å². The predicted octanol–water partition coefficient (Wildman–Crippen LogP) is 4.76. The molecule has 1 N–H and O–H groups in total. The van der Waals surface area contributed by atoms with Crippen LogP contribution >= 0.6 is 11.3 Å². The van der Waals surface area contributed by atoms with Gasteiger partial charge in [0.05, 0.1) is 11.4 Å². The fourth-order valence-electron chi connectivity index (χ4n) is 2.73. The van der Waals surface area contributed by atoms with E-state index >= 15 is 0 Å². The molecule has 2 aromatic heterocycles. The molecule has 0 atom stereocenters. The average Bonchev–Trinajstić information content (AvgIpc) is 3.23. The highest BCUT2D eigenvalue weighted by molar-refractivity contribution is 7.92. The number of rotatable bonds is 5. The predicted molar refractivity (Wildman–Crippen MR) is 102 cm³/mol. The van der Waals surface area contributed by atoms with E-state index < -0.39 is 27.0 Å². The van der Waals surface area contributed by atoms with Crippen molar-refractivity contribution in [3.63, 3.8) is 0 Å². The van der Waals surface area contributed by atoms with Crippen LogP contribution in [0.4, 0.5) is 18.9 Å². The van der Waals surface area contributed by atoms with Crippen molar-refractivity contribution in [1.29, 1.82) is 0 Å². The molecule has 0 amide bonds. The molecule has 2 aromatic carbocycles. The normalized spacial score (nSPS) is 12.2. The zero-order valence-electron chi connectivity index (χ0n) is 14.4. The Morgan fingerprint density at radius 2 is 1.79 bits per heavy atom. The molecule has 0 fully saturated rings. The van der Waals surface area contributed by atoms with Crippen molar-refractivity contribution >= 4 is 32.0 Å². The monoisotopic (exact) mass is 439 g/mol. The zero-order valence-corrected chi connectivity index (χ0v) is 16.1. The number of hydrogen-bond acceptors (Lipinski definition) is 5. The number of ether oxygens (including phenoxy) is 1. The lowest BCUT2D eigenvalue weighted by Gasteiger charge is -2.15. The second-order valence-corrected chi connectivity index (χ2v) is 8.39. The van der Waals surface area contributed by atoms with Gasteiger partial charge in [-0.25, -0.2) is 13.4 Å². The van der Waals surface area contributed by atoms with E-state index in [0.717, 1.165) is 17.1 Å². The van der Waals surface area contributed by atoms with Crippen molar-refractivity contribution in [3.8, 4) is 17.0 Å². The smallest absolute Gasteiger partial charge is 0.404 e. The molecule has 0 saturated carbocycles. The number of fused-ring (bicyclic) bond motifs is 1. The number of imidazole rings is 1. The highest BCUT2D eigenvalue weighted by Gasteiger charge is 2.34. The van der Waals surface area contributed by atoms with Gasteiger partial charge in [-0.1, -0.05) is 30.3 Å². The van der Waals surface area contributed by atoms with Crippen LogP contribution in [0.5, 0.6) is 5.75 Å². The third-order valence-corrected chi connectivity index (χ3v) is 6.08. The van der Waals surface area contributed by atoms with E-state index in [1.807, 2.05) is 11.6 Å². The lowest BCUT2D eigenvalue weighted by atomic mass is 10.1. The number of hydrogen-bond donors (Lipinski definition) is 1. The number of sulfonamides is 1. The number of anilines is 1. The van der Waals surface area contributed by atoms with Crippen LogP contribution in [0.2, 0.25) is 0 Å². The summed E-state index contributed by atoms with van der Waals surface area (Å²) < 4.78 is 71.6. The summed E-state index contributed by atoms with van der Waals surface area (Å²) in [5.41, 5.74) is 1.19. The van der Waals surface area contributed by atoms with Gasteiger partial charge in [0.15, 0.2) is 4.96 Å². The Labute approximate surface area is 167 Å². The first-order valence-corrected chi connectivity index (χ1v) is 10.5. The van der Waals surface area contributed by atoms with Gasteiger partial charge in [0.25, 0.3) is 10.0 Å². The van der Waals surface area contributed by atoms with E-state index in [2.05, 4.69) is 14.4 Å². The molecule has 11 heteroatoms. The van der Waals surface area contributed by atoms with E-state index in [-0.39, 0.29) is 5.69 Å². The summed E-state index contributed by atoms with van der Waals surface area (Å²) in [5, 5.41) is 1.86. The summed E-state index contributed by atoms with van der Waals surface area (Å²) in [5.74, 6) is -0.813. The van der Waals surface area contributed by atoms with Crippen molar-refractivity contribution < 1.29 is 26.3 Å². The summed E-state index contributed by atoms with van der Waals surface area (Å²) in [6.07, 6.45) is -1.47. The molecule has 0 aliphatic carbocycles. The molecule has 150 valence electrons. The van der Waals surface area contributed by atoms with Crippen LogP contribution in [0.25, 0.3) is 16.2 Å². The maximum atomic E-state index is 12.8. The molecule has 6 nitrogen and oxygen atoms in total. The molecule has 0 saturated heterocycles. The van der Waals surface area contributed by atoms with Crippen LogP contribution in [-0.2, 0) is 10.0 Å². The van der Waals surface area contributed by atoms with Crippen LogP contribution < -0.4 is 9.46 Å². The first-order chi connectivity index (χ1) is 13.7. The van der Waals surface area contributed by atoms with Gasteiger partial charge in [0, 0.05) is 23.3 Å². The molecule has 2 heterocycles. The van der Waals surface area contributed by atoms with Crippen LogP contribution in [0, 0.1) is 0 Å². The van der Waals surface area contributed by atoms with E-state index in [1.165, 1.54) is 29.5 Å². The molecule has 0 unspecified atom stereocenters. The molecular formula is C18H12F3N3O3S2. The number of nitrogens with one attached hydrogen (secondary N) is 1. The van der Waals surface area contributed by atoms with Gasteiger partial charge in [-0.3, -0.25) is 9.12 Å². The number of halogens is 3. The van der Waals surface area contributed by atoms with Gasteiger partial charge in [-0.2, -0.15) is 0 Å². The standard InChI is InChI=1S/C18H12F3N3O3S2/c19-18(20,21)27-15-7-3-4-8-16(15)29(25,26)23-13-6-2-1-5-12(13)14-11-24-9-10-28-17(24)22-14/h1-11,23H. The Bertz CT molecular complexity index is 1250. The SMILES string of the molecule is O=S(=O)(Nc1ccccc1-c1cn2ccsc2n1)c1ccccc1OC(F)(F)F. The molecule has 4 rings (SSSR count). The van der Waals surface area contributed by atoms with Crippen LogP contribution in [0.1, 0.15) is 0 Å². The number of aromatic nitrogens is 2. The second kappa shape index (κ2) is 7.08. The average molecular weight is 439 g/mol. The quantitative estimate of drug-likeness (QED) is 0.487. The molecule has 0 aliphatic rings. The first-order valence-electron chi connectivity index (χ1n) is 8.12. The van der Waals surface area contributed by atoms with Crippen molar-refractivity contribution in [2.45, 2.75) is 11.3 Å². The molecule has 4 aromatic rings. The Morgan fingerprint density at radius 1 is 1.07 bits per heavy atom. The molecule has 0 spiro atoms. The molecule has 0 bridgehead atoms. The highest BCUT2D eigenvalue weighted by atomic mass is 32.2. The minimum atomic E-state index is -5.02. The van der Waals surface area contributed by atoms with Gasteiger partial charge in [0.2, 0.25) is 0 Å². The van der Waals surface area contributed by atoms with Crippen molar-refractivity contribution in [3.05, 3.63) is 66.3 Å². The maximum absolute atomic E-state index is 12.8. The summed E-state index contributed by atoms with van der Waals surface area (Å²) in [4.78, 5) is 4.54. The lowest BCUT2D eigenvalue weighted by molar-refractivity contribution is -0.275. The van der Waals surface area contributed by atoms with Gasteiger partial charge in [0.1, 0.15) is 10.6 Å².